The third-order valence-electron chi connectivity index (χ3n) is 0.672. The first-order chi connectivity index (χ1) is 3.31. The van der Waals surface area contributed by atoms with E-state index in [1.54, 1.807) is 0 Å². The molecule has 0 atom stereocenters. The van der Waals surface area contributed by atoms with Gasteiger partial charge in [-0.3, -0.25) is 0 Å². The molecule has 0 bridgehead atoms. The van der Waals surface area contributed by atoms with Gasteiger partial charge in [0, 0.05) is 5.33 Å². The molecule has 0 aliphatic heterocycles. The minimum atomic E-state index is 0.117. The fourth-order valence-electron chi connectivity index (χ4n) is 0.213. The highest BCUT2D eigenvalue weighted by Gasteiger charge is 1.85. The predicted molar refractivity (Wildman–Crippen MR) is 34.6 cm³/mol. The van der Waals surface area contributed by atoms with Crippen molar-refractivity contribution >= 4 is 15.9 Å². The molecule has 0 spiro atoms. The van der Waals surface area contributed by atoms with E-state index < -0.39 is 0 Å². The average Bonchev–Trinajstić information content (AvgIpc) is 1.68. The van der Waals surface area contributed by atoms with Crippen LogP contribution in [0.4, 0.5) is 0 Å². The molecule has 1 N–H and O–H groups in total. The minimum Gasteiger partial charge on any atom is -0.392 e. The Hall–Kier alpha value is 0.180. The van der Waals surface area contributed by atoms with Crippen molar-refractivity contribution in [2.45, 2.75) is 6.42 Å². The van der Waals surface area contributed by atoms with Crippen molar-refractivity contribution in [1.82, 2.24) is 0 Å². The van der Waals surface area contributed by atoms with E-state index >= 15 is 0 Å². The summed E-state index contributed by atoms with van der Waals surface area (Å²) in [4.78, 5) is 0. The number of hydrogen-bond donors (Lipinski definition) is 1. The van der Waals surface area contributed by atoms with Gasteiger partial charge in [0.2, 0.25) is 0 Å². The van der Waals surface area contributed by atoms with Crippen molar-refractivity contribution in [3.8, 4) is 0 Å². The van der Waals surface area contributed by atoms with Gasteiger partial charge in [-0.2, -0.15) is 0 Å². The van der Waals surface area contributed by atoms with Crippen LogP contribution < -0.4 is 0 Å². The average molecular weight is 165 g/mol. The Morgan fingerprint density at radius 2 is 2.29 bits per heavy atom. The summed E-state index contributed by atoms with van der Waals surface area (Å²) in [6.07, 6.45) is 0.872. The molecular weight excluding hydrogens is 156 g/mol. The van der Waals surface area contributed by atoms with Crippen LogP contribution in [-0.2, 0) is 0 Å². The van der Waals surface area contributed by atoms with Crippen molar-refractivity contribution in [1.29, 1.82) is 0 Å². The Balaban J connectivity index is 3.00. The summed E-state index contributed by atoms with van der Waals surface area (Å²) in [6, 6.07) is 0. The van der Waals surface area contributed by atoms with E-state index in [-0.39, 0.29) is 6.61 Å². The zero-order valence-electron chi connectivity index (χ0n) is 4.15. The summed E-state index contributed by atoms with van der Waals surface area (Å²) >= 11 is 3.22. The van der Waals surface area contributed by atoms with Gasteiger partial charge in [-0.1, -0.05) is 28.1 Å². The Morgan fingerprint density at radius 3 is 2.43 bits per heavy atom. The summed E-state index contributed by atoms with van der Waals surface area (Å²) in [6.45, 7) is 3.70. The van der Waals surface area contributed by atoms with Crippen molar-refractivity contribution in [3.05, 3.63) is 12.2 Å². The van der Waals surface area contributed by atoms with Gasteiger partial charge in [-0.05, 0) is 6.42 Å². The van der Waals surface area contributed by atoms with E-state index in [1.165, 1.54) is 0 Å². The molecular formula is C5H9BrO. The molecule has 0 fully saturated rings. The molecule has 0 saturated heterocycles. The Morgan fingerprint density at radius 1 is 1.71 bits per heavy atom. The van der Waals surface area contributed by atoms with Crippen molar-refractivity contribution in [2.24, 2.45) is 0 Å². The van der Waals surface area contributed by atoms with E-state index in [2.05, 4.69) is 22.5 Å². The third kappa shape index (κ3) is 4.02. The fraction of sp³-hybridized carbons (Fsp3) is 0.600. The molecule has 42 valence electrons. The summed E-state index contributed by atoms with van der Waals surface area (Å²) in [5, 5.41) is 9.24. The van der Waals surface area contributed by atoms with E-state index in [0.29, 0.717) is 0 Å². The molecule has 0 amide bonds. The van der Waals surface area contributed by atoms with Crippen LogP contribution in [0.2, 0.25) is 0 Å². The smallest absolute Gasteiger partial charge is 0.0639 e. The Kier molecular flexibility index (Phi) is 4.45. The van der Waals surface area contributed by atoms with Crippen LogP contribution in [0.15, 0.2) is 12.2 Å². The lowest BCUT2D eigenvalue weighted by atomic mass is 10.3. The lowest BCUT2D eigenvalue weighted by Gasteiger charge is -1.92. The summed E-state index contributed by atoms with van der Waals surface area (Å²) in [5.74, 6) is 0. The molecule has 0 heterocycles. The summed E-state index contributed by atoms with van der Waals surface area (Å²) in [7, 11) is 0. The van der Waals surface area contributed by atoms with E-state index in [0.717, 1.165) is 17.3 Å². The second kappa shape index (κ2) is 4.34. The monoisotopic (exact) mass is 164 g/mol. The fourth-order valence-corrected chi connectivity index (χ4v) is 0.773. The van der Waals surface area contributed by atoms with Gasteiger partial charge in [0.1, 0.15) is 0 Å². The predicted octanol–water partition coefficient (Wildman–Crippen LogP) is 1.32. The Bertz CT molecular complexity index is 61.1. The molecule has 0 aromatic heterocycles. The number of alkyl halides is 1. The number of hydrogen-bond acceptors (Lipinski definition) is 1. The SMILES string of the molecule is C=C(CO)CCBr. The van der Waals surface area contributed by atoms with Crippen LogP contribution in [0.3, 0.4) is 0 Å². The van der Waals surface area contributed by atoms with Crippen molar-refractivity contribution < 1.29 is 5.11 Å². The standard InChI is InChI=1S/C5H9BrO/c1-5(4-7)2-3-6/h7H,1-4H2. The maximum absolute atomic E-state index is 8.35. The third-order valence-corrected chi connectivity index (χ3v) is 1.07. The number of halogens is 1. The van der Waals surface area contributed by atoms with Gasteiger partial charge in [0.25, 0.3) is 0 Å². The van der Waals surface area contributed by atoms with Crippen molar-refractivity contribution in [3.63, 3.8) is 0 Å². The molecule has 1 nitrogen and oxygen atoms in total. The molecule has 0 aromatic rings. The van der Waals surface area contributed by atoms with Crippen LogP contribution >= 0.6 is 15.9 Å². The first-order valence-electron chi connectivity index (χ1n) is 2.14. The molecule has 0 aromatic carbocycles. The zero-order valence-corrected chi connectivity index (χ0v) is 5.74. The second-order valence-corrected chi connectivity index (χ2v) is 2.14. The topological polar surface area (TPSA) is 20.2 Å². The largest absolute Gasteiger partial charge is 0.392 e. The van der Waals surface area contributed by atoms with Crippen LogP contribution in [0.5, 0.6) is 0 Å². The van der Waals surface area contributed by atoms with E-state index in [1.807, 2.05) is 0 Å². The second-order valence-electron chi connectivity index (χ2n) is 1.35. The summed E-state index contributed by atoms with van der Waals surface area (Å²) in [5.41, 5.74) is 0.886. The highest BCUT2D eigenvalue weighted by Crippen LogP contribution is 1.97. The maximum atomic E-state index is 8.35. The summed E-state index contributed by atoms with van der Waals surface area (Å²) < 4.78 is 0. The lowest BCUT2D eigenvalue weighted by Crippen LogP contribution is -1.87. The van der Waals surface area contributed by atoms with Gasteiger partial charge in [0.05, 0.1) is 6.61 Å². The van der Waals surface area contributed by atoms with Crippen LogP contribution in [-0.4, -0.2) is 17.0 Å². The minimum absolute atomic E-state index is 0.117. The molecule has 2 heteroatoms. The molecule has 0 radical (unpaired) electrons. The zero-order chi connectivity index (χ0) is 5.70. The molecule has 7 heavy (non-hydrogen) atoms. The lowest BCUT2D eigenvalue weighted by molar-refractivity contribution is 0.328. The quantitative estimate of drug-likeness (QED) is 0.493. The highest BCUT2D eigenvalue weighted by atomic mass is 79.9. The number of rotatable bonds is 3. The normalized spacial score (nSPS) is 8.86. The van der Waals surface area contributed by atoms with E-state index in [4.69, 9.17) is 5.11 Å². The highest BCUT2D eigenvalue weighted by molar-refractivity contribution is 9.09. The number of aliphatic hydroxyl groups excluding tert-OH is 1. The van der Waals surface area contributed by atoms with Crippen LogP contribution in [0.25, 0.3) is 0 Å². The molecule has 0 unspecified atom stereocenters. The van der Waals surface area contributed by atoms with Gasteiger partial charge >= 0.3 is 0 Å². The molecule has 0 aliphatic rings. The van der Waals surface area contributed by atoms with Crippen LogP contribution in [0, 0.1) is 0 Å². The van der Waals surface area contributed by atoms with Gasteiger partial charge in [-0.15, -0.1) is 0 Å². The molecule has 0 rings (SSSR count). The Labute approximate surface area is 52.2 Å². The first kappa shape index (κ1) is 7.18. The van der Waals surface area contributed by atoms with Crippen LogP contribution in [0.1, 0.15) is 6.42 Å². The molecule has 0 aliphatic carbocycles. The van der Waals surface area contributed by atoms with Gasteiger partial charge in [-0.25, -0.2) is 0 Å². The van der Waals surface area contributed by atoms with Gasteiger partial charge in [0.15, 0.2) is 0 Å². The first-order valence-corrected chi connectivity index (χ1v) is 3.27. The maximum Gasteiger partial charge on any atom is 0.0639 e. The van der Waals surface area contributed by atoms with E-state index in [9.17, 15) is 0 Å². The van der Waals surface area contributed by atoms with Gasteiger partial charge < -0.3 is 5.11 Å². The molecule has 0 saturated carbocycles. The number of aliphatic hydroxyl groups is 1. The van der Waals surface area contributed by atoms with Crippen molar-refractivity contribution in [2.75, 3.05) is 11.9 Å².